The maximum atomic E-state index is 13.6. The summed E-state index contributed by atoms with van der Waals surface area (Å²) >= 11 is 6.31. The Labute approximate surface area is 289 Å². The number of carboxylic acid groups (broad SMARTS) is 1. The van der Waals surface area contributed by atoms with Crippen molar-refractivity contribution < 1.29 is 70.5 Å². The minimum Gasteiger partial charge on any atom is -0.550 e. The van der Waals surface area contributed by atoms with Crippen molar-refractivity contribution in [3.8, 4) is 5.75 Å². The average molecular weight is 682 g/mol. The molecule has 0 aliphatic heterocycles. The number of aromatic nitrogens is 3. The van der Waals surface area contributed by atoms with Gasteiger partial charge in [-0.05, 0) is 67.9 Å². The molecular weight excluding hydrogens is 651 g/mol. The second-order valence-electron chi connectivity index (χ2n) is 10.8. The van der Waals surface area contributed by atoms with E-state index in [-0.39, 0.29) is 78.9 Å². The van der Waals surface area contributed by atoms with Gasteiger partial charge >= 0.3 is 41.9 Å². The zero-order valence-electron chi connectivity index (χ0n) is 25.3. The Kier molecular flexibility index (Phi) is 13.4. The number of nitrogens with zero attached hydrogens (tertiary/aromatic N) is 5. The van der Waals surface area contributed by atoms with E-state index in [9.17, 15) is 36.2 Å². The molecule has 4 rings (SSSR count). The molecule has 16 heteroatoms. The summed E-state index contributed by atoms with van der Waals surface area (Å²) in [7, 11) is 0. The maximum absolute atomic E-state index is 13.6. The van der Waals surface area contributed by atoms with E-state index >= 15 is 0 Å². The normalized spacial score (nSPS) is 13.2. The van der Waals surface area contributed by atoms with Crippen LogP contribution in [0.4, 0.5) is 38.1 Å². The number of anilines is 2. The molecule has 0 bridgehead atoms. The van der Waals surface area contributed by atoms with E-state index in [0.717, 1.165) is 25.8 Å². The van der Waals surface area contributed by atoms with Crippen molar-refractivity contribution in [1.29, 1.82) is 0 Å². The third-order valence-corrected chi connectivity index (χ3v) is 7.16. The van der Waals surface area contributed by atoms with Gasteiger partial charge in [-0.15, -0.1) is 0 Å². The Balaban J connectivity index is 0.00000576. The summed E-state index contributed by atoms with van der Waals surface area (Å²) in [6.45, 7) is 3.03. The molecule has 0 N–H and O–H groups in total. The molecule has 0 unspecified atom stereocenters. The van der Waals surface area contributed by atoms with E-state index in [4.69, 9.17) is 16.3 Å². The van der Waals surface area contributed by atoms with E-state index in [1.54, 1.807) is 6.07 Å². The Hall–Kier alpha value is -2.81. The number of pyridine rings is 1. The van der Waals surface area contributed by atoms with E-state index in [1.165, 1.54) is 23.5 Å². The van der Waals surface area contributed by atoms with Crippen molar-refractivity contribution in [2.45, 2.75) is 64.5 Å². The summed E-state index contributed by atoms with van der Waals surface area (Å²) in [5, 5.41) is 10.9. The van der Waals surface area contributed by atoms with E-state index in [0.29, 0.717) is 41.0 Å². The van der Waals surface area contributed by atoms with Gasteiger partial charge in [0, 0.05) is 43.9 Å². The molecule has 3 aromatic rings. The molecule has 46 heavy (non-hydrogen) atoms. The van der Waals surface area contributed by atoms with Crippen LogP contribution in [0.1, 0.15) is 61.3 Å². The van der Waals surface area contributed by atoms with E-state index < -0.39 is 36.0 Å². The summed E-state index contributed by atoms with van der Waals surface area (Å²) < 4.78 is 87.3. The van der Waals surface area contributed by atoms with Gasteiger partial charge in [-0.25, -0.2) is 15.0 Å². The van der Waals surface area contributed by atoms with Crippen molar-refractivity contribution in [3.05, 3.63) is 70.1 Å². The number of ether oxygens (including phenoxy) is 1. The van der Waals surface area contributed by atoms with Crippen LogP contribution >= 0.6 is 11.6 Å². The Morgan fingerprint density at radius 3 is 2.13 bits per heavy atom. The minimum absolute atomic E-state index is 0. The van der Waals surface area contributed by atoms with Crippen molar-refractivity contribution in [2.24, 2.45) is 5.92 Å². The number of alkyl halides is 6. The first-order valence-corrected chi connectivity index (χ1v) is 14.7. The summed E-state index contributed by atoms with van der Waals surface area (Å²) in [5.74, 6) is 0.0727. The number of carboxylic acids is 1. The van der Waals surface area contributed by atoms with Gasteiger partial charge in [-0.1, -0.05) is 18.5 Å². The maximum Gasteiger partial charge on any atom is 1.00 e. The summed E-state index contributed by atoms with van der Waals surface area (Å²) in [6.07, 6.45) is -3.01. The average Bonchev–Trinajstić information content (AvgIpc) is 3.78. The quantitative estimate of drug-likeness (QED) is 0.137. The molecule has 1 aromatic carbocycles. The smallest absolute Gasteiger partial charge is 0.550 e. The molecule has 1 fully saturated rings. The van der Waals surface area contributed by atoms with Gasteiger partial charge in [-0.2, -0.15) is 26.3 Å². The van der Waals surface area contributed by atoms with Gasteiger partial charge in [0.25, 0.3) is 0 Å². The minimum atomic E-state index is -5.01. The molecule has 2 aromatic heterocycles. The number of rotatable bonds is 15. The molecular formula is C30H31ClF6N5NaO3. The van der Waals surface area contributed by atoms with Crippen LogP contribution in [0.3, 0.4) is 0 Å². The number of carbonyl (C=O) groups is 1. The number of hydrogen-bond donors (Lipinski definition) is 0. The van der Waals surface area contributed by atoms with Crippen LogP contribution in [0.2, 0.25) is 5.02 Å². The predicted molar refractivity (Wildman–Crippen MR) is 153 cm³/mol. The summed E-state index contributed by atoms with van der Waals surface area (Å²) in [5.41, 5.74) is -2.54. The van der Waals surface area contributed by atoms with Gasteiger partial charge in [-0.3, -0.25) is 0 Å². The topological polar surface area (TPSA) is 94.5 Å². The number of benzene rings is 1. The van der Waals surface area contributed by atoms with Gasteiger partial charge in [0.2, 0.25) is 5.95 Å². The largest absolute Gasteiger partial charge is 1.00 e. The molecule has 0 saturated heterocycles. The van der Waals surface area contributed by atoms with E-state index in [1.807, 2.05) is 6.92 Å². The standard InChI is InChI=1S/C30H32ClF6N5O3.Na/c1-2-7-41(16-19-5-6-19)27-21(11-24(31)13-38-27)18-42(28-39-14-25(15-40-28)45-8-3-4-26(43)44)17-20-9-22(29(32,33)34)12-23(10-20)30(35,36)37;/h9-15,19H,2-8,16-18H2,1H3,(H,43,44);/q;+1/p-1. The second-order valence-corrected chi connectivity index (χ2v) is 11.3. The van der Waals surface area contributed by atoms with Crippen LogP contribution in [0.5, 0.6) is 5.75 Å². The van der Waals surface area contributed by atoms with Gasteiger partial charge in [0.1, 0.15) is 5.82 Å². The third-order valence-electron chi connectivity index (χ3n) is 6.95. The molecule has 0 spiro atoms. The molecule has 1 saturated carbocycles. The van der Waals surface area contributed by atoms with Crippen LogP contribution in [0, 0.1) is 5.92 Å². The van der Waals surface area contributed by atoms with E-state index in [2.05, 4.69) is 19.9 Å². The zero-order chi connectivity index (χ0) is 32.8. The summed E-state index contributed by atoms with van der Waals surface area (Å²) in [6, 6.07) is 3.08. The number of carbonyl (C=O) groups excluding carboxylic acids is 1. The van der Waals surface area contributed by atoms with Crippen LogP contribution in [0.15, 0.2) is 42.9 Å². The van der Waals surface area contributed by atoms with Crippen molar-refractivity contribution in [3.63, 3.8) is 0 Å². The molecule has 0 atom stereocenters. The first-order chi connectivity index (χ1) is 21.2. The fraction of sp³-hybridized carbons (Fsp3) is 0.467. The molecule has 0 radical (unpaired) electrons. The molecule has 8 nitrogen and oxygen atoms in total. The molecule has 1 aliphatic carbocycles. The van der Waals surface area contributed by atoms with Crippen LogP contribution in [0.25, 0.3) is 0 Å². The Morgan fingerprint density at radius 1 is 0.957 bits per heavy atom. The van der Waals surface area contributed by atoms with Crippen LogP contribution in [-0.2, 0) is 30.2 Å². The monoisotopic (exact) mass is 681 g/mol. The summed E-state index contributed by atoms with van der Waals surface area (Å²) in [4.78, 5) is 27.3. The molecule has 244 valence electrons. The number of halogens is 7. The van der Waals surface area contributed by atoms with Gasteiger partial charge in [0.15, 0.2) is 5.75 Å². The SMILES string of the molecule is CCCN(CC1CC1)c1ncc(Cl)cc1CN(Cc1cc(C(F)(F)F)cc(C(F)(F)F)c1)c1ncc(OCCCC(=O)[O-])cn1.[Na+]. The predicted octanol–water partition coefficient (Wildman–Crippen LogP) is 3.31. The zero-order valence-corrected chi connectivity index (χ0v) is 28.1. The van der Waals surface area contributed by atoms with Crippen molar-refractivity contribution in [2.75, 3.05) is 29.5 Å². The molecule has 0 amide bonds. The first kappa shape index (κ1) is 37.6. The van der Waals surface area contributed by atoms with Crippen LogP contribution in [-0.4, -0.2) is 40.6 Å². The number of hydrogen-bond acceptors (Lipinski definition) is 8. The fourth-order valence-electron chi connectivity index (χ4n) is 4.73. The fourth-order valence-corrected chi connectivity index (χ4v) is 4.91. The van der Waals surface area contributed by atoms with Gasteiger partial charge in [0.05, 0.1) is 35.2 Å². The number of aliphatic carboxylic acids is 1. The Morgan fingerprint density at radius 2 is 1.59 bits per heavy atom. The van der Waals surface area contributed by atoms with Crippen LogP contribution < -0.4 is 49.2 Å². The molecule has 2 heterocycles. The first-order valence-electron chi connectivity index (χ1n) is 14.3. The Bertz CT molecular complexity index is 1430. The third kappa shape index (κ3) is 11.2. The van der Waals surface area contributed by atoms with Crippen molar-refractivity contribution in [1.82, 2.24) is 15.0 Å². The second kappa shape index (κ2) is 16.3. The molecule has 1 aliphatic rings. The van der Waals surface area contributed by atoms with Gasteiger partial charge < -0.3 is 24.4 Å². The van der Waals surface area contributed by atoms with Crippen molar-refractivity contribution >= 4 is 29.3 Å².